The Balaban J connectivity index is 1.87. The van der Waals surface area contributed by atoms with Crippen molar-refractivity contribution in [1.82, 2.24) is 4.98 Å². The summed E-state index contributed by atoms with van der Waals surface area (Å²) in [6.45, 7) is 9.87. The summed E-state index contributed by atoms with van der Waals surface area (Å²) < 4.78 is 5.60. The Morgan fingerprint density at radius 2 is 1.71 bits per heavy atom. The summed E-state index contributed by atoms with van der Waals surface area (Å²) in [5.41, 5.74) is 4.60. The molecule has 3 aromatic rings. The van der Waals surface area contributed by atoms with Crippen LogP contribution >= 0.6 is 11.8 Å². The van der Waals surface area contributed by atoms with Crippen molar-refractivity contribution in [2.45, 2.75) is 45.6 Å². The van der Waals surface area contributed by atoms with E-state index in [4.69, 9.17) is 4.42 Å². The Kier molecular flexibility index (Phi) is 5.94. The number of aromatic nitrogens is 1. The fourth-order valence-electron chi connectivity index (χ4n) is 3.38. The maximum absolute atomic E-state index is 12.7. The highest BCUT2D eigenvalue weighted by molar-refractivity contribution is 7.99. The molecule has 0 bridgehead atoms. The molecule has 0 saturated carbocycles. The van der Waals surface area contributed by atoms with Crippen molar-refractivity contribution in [3.05, 3.63) is 75.0 Å². The number of pyridine rings is 1. The molecule has 1 N–H and O–H groups in total. The van der Waals surface area contributed by atoms with Gasteiger partial charge in [0, 0.05) is 23.9 Å². The molecular formula is C23H25NO3S. The summed E-state index contributed by atoms with van der Waals surface area (Å²) in [5.74, 6) is 1.10. The molecule has 3 rings (SSSR count). The monoisotopic (exact) mass is 395 g/mol. The van der Waals surface area contributed by atoms with E-state index in [2.05, 4.69) is 4.98 Å². The number of benzene rings is 1. The Morgan fingerprint density at radius 1 is 1.04 bits per heavy atom. The van der Waals surface area contributed by atoms with E-state index in [1.165, 1.54) is 0 Å². The molecule has 0 radical (unpaired) electrons. The van der Waals surface area contributed by atoms with Crippen LogP contribution in [0.1, 0.15) is 40.9 Å². The minimum atomic E-state index is -0.504. The normalized spacial score (nSPS) is 12.2. The summed E-state index contributed by atoms with van der Waals surface area (Å²) in [5, 5.41) is 11.6. The molecule has 1 unspecified atom stereocenters. The predicted octanol–water partition coefficient (Wildman–Crippen LogP) is 5.54. The molecule has 2 heterocycles. The average Bonchev–Trinajstić information content (AvgIpc) is 2.62. The van der Waals surface area contributed by atoms with Crippen molar-refractivity contribution in [1.29, 1.82) is 0 Å². The third kappa shape index (κ3) is 4.30. The lowest BCUT2D eigenvalue weighted by Crippen LogP contribution is -2.09. The van der Waals surface area contributed by atoms with Crippen molar-refractivity contribution < 1.29 is 9.52 Å². The van der Waals surface area contributed by atoms with Gasteiger partial charge in [0.1, 0.15) is 17.1 Å². The highest BCUT2D eigenvalue weighted by Gasteiger charge is 2.20. The second-order valence-electron chi connectivity index (χ2n) is 7.36. The third-order valence-corrected chi connectivity index (χ3v) is 5.93. The van der Waals surface area contributed by atoms with Crippen molar-refractivity contribution in [3.63, 3.8) is 0 Å². The first-order valence-corrected chi connectivity index (χ1v) is 10.3. The van der Waals surface area contributed by atoms with Gasteiger partial charge in [0.2, 0.25) is 0 Å². The Labute approximate surface area is 169 Å². The first-order chi connectivity index (χ1) is 13.3. The lowest BCUT2D eigenvalue weighted by Gasteiger charge is -2.14. The van der Waals surface area contributed by atoms with Crippen LogP contribution in [-0.4, -0.2) is 15.8 Å². The van der Waals surface area contributed by atoms with Crippen LogP contribution in [0.5, 0.6) is 5.75 Å². The van der Waals surface area contributed by atoms with Crippen molar-refractivity contribution in [3.8, 4) is 16.9 Å². The molecular weight excluding hydrogens is 370 g/mol. The molecule has 0 aliphatic heterocycles. The molecule has 1 atom stereocenters. The van der Waals surface area contributed by atoms with Gasteiger partial charge in [0.25, 0.3) is 0 Å². The van der Waals surface area contributed by atoms with Gasteiger partial charge in [-0.05, 0) is 56.0 Å². The van der Waals surface area contributed by atoms with Gasteiger partial charge in [-0.2, -0.15) is 0 Å². The van der Waals surface area contributed by atoms with E-state index >= 15 is 0 Å². The van der Waals surface area contributed by atoms with Crippen LogP contribution in [0.25, 0.3) is 11.1 Å². The molecule has 0 spiro atoms. The first-order valence-electron chi connectivity index (χ1n) is 9.27. The van der Waals surface area contributed by atoms with Crippen LogP contribution in [0.2, 0.25) is 0 Å². The highest BCUT2D eigenvalue weighted by atomic mass is 32.2. The minimum Gasteiger partial charge on any atom is -0.507 e. The van der Waals surface area contributed by atoms with Gasteiger partial charge in [-0.3, -0.25) is 0 Å². The largest absolute Gasteiger partial charge is 0.507 e. The van der Waals surface area contributed by atoms with Crippen molar-refractivity contribution in [2.75, 3.05) is 5.75 Å². The van der Waals surface area contributed by atoms with Crippen molar-refractivity contribution in [2.24, 2.45) is 0 Å². The van der Waals surface area contributed by atoms with Crippen LogP contribution in [-0.2, 0) is 0 Å². The highest BCUT2D eigenvalue weighted by Crippen LogP contribution is 2.34. The standard InChI is InChI=1S/C23H25NO3S/c1-13-6-7-20(24-11-13)28-12-17(5)19-10-18(25)22(23(26)27-19)21-15(3)8-14(2)9-16(21)4/h6-11,17,25H,12H2,1-5H3. The topological polar surface area (TPSA) is 63.3 Å². The number of nitrogens with zero attached hydrogens (tertiary/aromatic N) is 1. The quantitative estimate of drug-likeness (QED) is 0.575. The number of hydrogen-bond donors (Lipinski definition) is 1. The maximum Gasteiger partial charge on any atom is 0.347 e. The van der Waals surface area contributed by atoms with E-state index < -0.39 is 5.63 Å². The first kappa shape index (κ1) is 20.2. The maximum atomic E-state index is 12.7. The van der Waals surface area contributed by atoms with Gasteiger partial charge in [0.15, 0.2) is 0 Å². The molecule has 5 heteroatoms. The lowest BCUT2D eigenvalue weighted by molar-refractivity contribution is 0.416. The Hall–Kier alpha value is -2.53. The molecule has 0 aliphatic rings. The van der Waals surface area contributed by atoms with Crippen LogP contribution in [0.4, 0.5) is 0 Å². The van der Waals surface area contributed by atoms with E-state index in [0.29, 0.717) is 11.5 Å². The number of thioether (sulfide) groups is 1. The van der Waals surface area contributed by atoms with Gasteiger partial charge >= 0.3 is 5.63 Å². The summed E-state index contributed by atoms with van der Waals surface area (Å²) in [6.07, 6.45) is 1.83. The molecule has 0 amide bonds. The zero-order valence-electron chi connectivity index (χ0n) is 16.9. The lowest BCUT2D eigenvalue weighted by atomic mass is 9.94. The minimum absolute atomic E-state index is 0.0355. The van der Waals surface area contributed by atoms with Gasteiger partial charge in [-0.1, -0.05) is 30.7 Å². The van der Waals surface area contributed by atoms with E-state index in [1.807, 2.05) is 65.1 Å². The zero-order chi connectivity index (χ0) is 20.4. The second kappa shape index (κ2) is 8.23. The summed E-state index contributed by atoms with van der Waals surface area (Å²) >= 11 is 1.60. The van der Waals surface area contributed by atoms with E-state index in [-0.39, 0.29) is 17.2 Å². The van der Waals surface area contributed by atoms with Crippen molar-refractivity contribution >= 4 is 11.8 Å². The molecule has 1 aromatic carbocycles. The average molecular weight is 396 g/mol. The van der Waals surface area contributed by atoms with Gasteiger partial charge < -0.3 is 9.52 Å². The number of hydrogen-bond acceptors (Lipinski definition) is 5. The summed E-state index contributed by atoms with van der Waals surface area (Å²) in [7, 11) is 0. The molecule has 146 valence electrons. The van der Waals surface area contributed by atoms with E-state index in [1.54, 1.807) is 17.8 Å². The molecule has 2 aromatic heterocycles. The SMILES string of the molecule is Cc1ccc(SCC(C)c2cc(O)c(-c3c(C)cc(C)cc3C)c(=O)o2)nc1. The van der Waals surface area contributed by atoms with Gasteiger partial charge in [-0.25, -0.2) is 9.78 Å². The van der Waals surface area contributed by atoms with Gasteiger partial charge in [-0.15, -0.1) is 11.8 Å². The van der Waals surface area contributed by atoms with Crippen LogP contribution in [0.3, 0.4) is 0 Å². The Bertz CT molecular complexity index is 1030. The molecule has 28 heavy (non-hydrogen) atoms. The molecule has 0 aliphatic carbocycles. The number of aromatic hydroxyl groups is 1. The second-order valence-corrected chi connectivity index (χ2v) is 8.40. The number of aryl methyl sites for hydroxylation is 4. The predicted molar refractivity (Wildman–Crippen MR) is 114 cm³/mol. The fraction of sp³-hybridized carbons (Fsp3) is 0.304. The third-order valence-electron chi connectivity index (χ3n) is 4.73. The molecule has 4 nitrogen and oxygen atoms in total. The molecule has 0 saturated heterocycles. The van der Waals surface area contributed by atoms with Gasteiger partial charge in [0.05, 0.1) is 5.03 Å². The van der Waals surface area contributed by atoms with Crippen LogP contribution in [0.15, 0.2) is 50.8 Å². The van der Waals surface area contributed by atoms with Crippen LogP contribution in [0, 0.1) is 27.7 Å². The molecule has 0 fully saturated rings. The summed E-state index contributed by atoms with van der Waals surface area (Å²) in [4.78, 5) is 17.1. The van der Waals surface area contributed by atoms with Crippen LogP contribution < -0.4 is 5.63 Å². The zero-order valence-corrected chi connectivity index (χ0v) is 17.7. The number of rotatable bonds is 5. The Morgan fingerprint density at radius 3 is 2.29 bits per heavy atom. The smallest absolute Gasteiger partial charge is 0.347 e. The van der Waals surface area contributed by atoms with E-state index in [0.717, 1.165) is 32.8 Å². The van der Waals surface area contributed by atoms with E-state index in [9.17, 15) is 9.90 Å². The fourth-order valence-corrected chi connectivity index (χ4v) is 4.26. The summed E-state index contributed by atoms with van der Waals surface area (Å²) in [6, 6.07) is 9.58.